The number of Topliss-reactive ketones (excluding diaryl/α,β-unsaturated/α-hetero) is 2. The van der Waals surface area contributed by atoms with Gasteiger partial charge in [0.2, 0.25) is 0 Å². The summed E-state index contributed by atoms with van der Waals surface area (Å²) in [6.07, 6.45) is 4.38. The quantitative estimate of drug-likeness (QED) is 0.561. The fourth-order valence-corrected chi connectivity index (χ4v) is 1.55. The summed E-state index contributed by atoms with van der Waals surface area (Å²) < 4.78 is 0. The molecule has 0 aliphatic heterocycles. The third-order valence-corrected chi connectivity index (χ3v) is 2.62. The molecule has 0 aliphatic carbocycles. The van der Waals surface area contributed by atoms with E-state index in [-0.39, 0.29) is 23.9 Å². The molecule has 0 N–H and O–H groups in total. The second-order valence-electron chi connectivity index (χ2n) is 3.80. The first-order valence-corrected chi connectivity index (χ1v) is 5.70. The van der Waals surface area contributed by atoms with Crippen molar-refractivity contribution in [3.63, 3.8) is 0 Å². The summed E-state index contributed by atoms with van der Waals surface area (Å²) in [5, 5.41) is 0. The van der Waals surface area contributed by atoms with Crippen molar-refractivity contribution in [3.05, 3.63) is 0 Å². The Morgan fingerprint density at radius 3 is 2.07 bits per heavy atom. The summed E-state index contributed by atoms with van der Waals surface area (Å²) in [6, 6.07) is 0. The average Bonchev–Trinajstić information content (AvgIpc) is 2.16. The van der Waals surface area contributed by atoms with Crippen LogP contribution in [-0.2, 0) is 9.59 Å². The number of hydrogen-bond acceptors (Lipinski definition) is 2. The van der Waals surface area contributed by atoms with Crippen molar-refractivity contribution in [1.82, 2.24) is 0 Å². The van der Waals surface area contributed by atoms with Gasteiger partial charge < -0.3 is 0 Å². The minimum absolute atomic E-state index is 0.0978. The fraction of sp³-hybridized carbons (Fsp3) is 0.833. The number of hydrogen-bond donors (Lipinski definition) is 0. The van der Waals surface area contributed by atoms with Gasteiger partial charge in [-0.25, -0.2) is 0 Å². The van der Waals surface area contributed by atoms with Crippen molar-refractivity contribution in [2.75, 3.05) is 0 Å². The zero-order valence-electron chi connectivity index (χ0n) is 9.64. The van der Waals surface area contributed by atoms with Gasteiger partial charge in [-0.15, -0.1) is 0 Å². The van der Waals surface area contributed by atoms with E-state index >= 15 is 0 Å². The normalized spacial score (nSPS) is 10.6. The second-order valence-corrected chi connectivity index (χ2v) is 3.80. The summed E-state index contributed by atoms with van der Waals surface area (Å²) in [7, 11) is 0. The molecule has 0 saturated carbocycles. The van der Waals surface area contributed by atoms with Gasteiger partial charge in [0.15, 0.2) is 0 Å². The molecule has 82 valence electrons. The zero-order chi connectivity index (χ0) is 11.0. The zero-order valence-corrected chi connectivity index (χ0v) is 9.64. The molecule has 0 atom stereocenters. The highest BCUT2D eigenvalue weighted by Crippen LogP contribution is 2.12. The van der Waals surface area contributed by atoms with Crippen molar-refractivity contribution in [3.8, 4) is 0 Å². The van der Waals surface area contributed by atoms with Gasteiger partial charge in [0.1, 0.15) is 11.6 Å². The maximum Gasteiger partial charge on any atom is 0.143 e. The molecule has 0 unspecified atom stereocenters. The lowest BCUT2D eigenvalue weighted by atomic mass is 9.94. The van der Waals surface area contributed by atoms with E-state index in [0.29, 0.717) is 6.42 Å². The molecule has 14 heavy (non-hydrogen) atoms. The number of carbonyl (C=O) groups is 2. The van der Waals surface area contributed by atoms with Gasteiger partial charge in [0, 0.05) is 12.3 Å². The fourth-order valence-electron chi connectivity index (χ4n) is 1.55. The van der Waals surface area contributed by atoms with Crippen LogP contribution in [0.1, 0.15) is 59.3 Å². The van der Waals surface area contributed by atoms with E-state index in [2.05, 4.69) is 6.92 Å². The first-order chi connectivity index (χ1) is 6.65. The van der Waals surface area contributed by atoms with E-state index < -0.39 is 0 Å². The van der Waals surface area contributed by atoms with E-state index in [1.165, 1.54) is 0 Å². The highest BCUT2D eigenvalue weighted by atomic mass is 16.1. The van der Waals surface area contributed by atoms with Crippen LogP contribution in [0.4, 0.5) is 0 Å². The molecule has 0 rings (SSSR count). The molecule has 2 nitrogen and oxygen atoms in total. The Bertz CT molecular complexity index is 181. The van der Waals surface area contributed by atoms with Crippen molar-refractivity contribution in [2.45, 2.75) is 59.3 Å². The van der Waals surface area contributed by atoms with Gasteiger partial charge in [-0.1, -0.05) is 27.2 Å². The van der Waals surface area contributed by atoms with Crippen molar-refractivity contribution in [1.29, 1.82) is 0 Å². The molecule has 0 aromatic rings. The summed E-state index contributed by atoms with van der Waals surface area (Å²) >= 11 is 0. The standard InChI is InChI=1S/C12H22O2/c1-4-7-8-11(13)9-12(14)10(5-2)6-3/h10H,4-9H2,1-3H3. The Balaban J connectivity index is 3.86. The topological polar surface area (TPSA) is 34.1 Å². The van der Waals surface area contributed by atoms with Crippen LogP contribution in [-0.4, -0.2) is 11.6 Å². The first-order valence-electron chi connectivity index (χ1n) is 5.70. The second kappa shape index (κ2) is 7.72. The van der Waals surface area contributed by atoms with E-state index in [4.69, 9.17) is 0 Å². The van der Waals surface area contributed by atoms with Crippen LogP contribution in [0, 0.1) is 5.92 Å². The SMILES string of the molecule is CCCCC(=O)CC(=O)C(CC)CC. The highest BCUT2D eigenvalue weighted by Gasteiger charge is 2.16. The molecule has 0 radical (unpaired) electrons. The van der Waals surface area contributed by atoms with Crippen LogP contribution < -0.4 is 0 Å². The Morgan fingerprint density at radius 1 is 1.07 bits per heavy atom. The Kier molecular flexibility index (Phi) is 7.35. The molecule has 0 heterocycles. The largest absolute Gasteiger partial charge is 0.299 e. The lowest BCUT2D eigenvalue weighted by Crippen LogP contribution is -2.16. The van der Waals surface area contributed by atoms with Crippen LogP contribution in [0.5, 0.6) is 0 Å². The smallest absolute Gasteiger partial charge is 0.143 e. The monoisotopic (exact) mass is 198 g/mol. The van der Waals surface area contributed by atoms with Crippen molar-refractivity contribution >= 4 is 11.6 Å². The van der Waals surface area contributed by atoms with Gasteiger partial charge in [-0.2, -0.15) is 0 Å². The van der Waals surface area contributed by atoms with Crippen LogP contribution >= 0.6 is 0 Å². The van der Waals surface area contributed by atoms with Gasteiger partial charge in [0.05, 0.1) is 6.42 Å². The maximum absolute atomic E-state index is 11.6. The lowest BCUT2D eigenvalue weighted by Gasteiger charge is -2.09. The van der Waals surface area contributed by atoms with E-state index in [0.717, 1.165) is 25.7 Å². The molecule has 0 aliphatic rings. The Morgan fingerprint density at radius 2 is 1.64 bits per heavy atom. The van der Waals surface area contributed by atoms with E-state index in [9.17, 15) is 9.59 Å². The molecule has 2 heteroatoms. The summed E-state index contributed by atoms with van der Waals surface area (Å²) in [5.41, 5.74) is 0. The molecule has 0 fully saturated rings. The molecule has 0 bridgehead atoms. The molecule has 0 amide bonds. The van der Waals surface area contributed by atoms with Gasteiger partial charge in [0.25, 0.3) is 0 Å². The van der Waals surface area contributed by atoms with Crippen LogP contribution in [0.2, 0.25) is 0 Å². The van der Waals surface area contributed by atoms with Crippen molar-refractivity contribution in [2.24, 2.45) is 5.92 Å². The number of carbonyl (C=O) groups excluding carboxylic acids is 2. The van der Waals surface area contributed by atoms with E-state index in [1.807, 2.05) is 13.8 Å². The third kappa shape index (κ3) is 5.15. The van der Waals surface area contributed by atoms with Gasteiger partial charge >= 0.3 is 0 Å². The van der Waals surface area contributed by atoms with Gasteiger partial charge in [-0.3, -0.25) is 9.59 Å². The summed E-state index contributed by atoms with van der Waals surface area (Å²) in [4.78, 5) is 22.9. The summed E-state index contributed by atoms with van der Waals surface area (Å²) in [6.45, 7) is 6.06. The molecule has 0 spiro atoms. The van der Waals surface area contributed by atoms with Crippen molar-refractivity contribution < 1.29 is 9.59 Å². The summed E-state index contributed by atoms with van der Waals surface area (Å²) in [5.74, 6) is 0.348. The predicted octanol–water partition coefficient (Wildman–Crippen LogP) is 3.14. The minimum atomic E-state index is 0.0978. The molecule has 0 saturated heterocycles. The van der Waals surface area contributed by atoms with Crippen LogP contribution in [0.25, 0.3) is 0 Å². The number of unbranched alkanes of at least 4 members (excludes halogenated alkanes) is 1. The molecular weight excluding hydrogens is 176 g/mol. The van der Waals surface area contributed by atoms with Crippen LogP contribution in [0.15, 0.2) is 0 Å². The minimum Gasteiger partial charge on any atom is -0.299 e. The van der Waals surface area contributed by atoms with E-state index in [1.54, 1.807) is 0 Å². The molecular formula is C12H22O2. The number of ketones is 2. The Hall–Kier alpha value is -0.660. The highest BCUT2D eigenvalue weighted by molar-refractivity contribution is 6.00. The van der Waals surface area contributed by atoms with Crippen LogP contribution in [0.3, 0.4) is 0 Å². The molecule has 0 aromatic carbocycles. The number of rotatable bonds is 8. The average molecular weight is 198 g/mol. The lowest BCUT2D eigenvalue weighted by molar-refractivity contribution is -0.129. The first kappa shape index (κ1) is 13.3. The Labute approximate surface area is 87.1 Å². The third-order valence-electron chi connectivity index (χ3n) is 2.62. The van der Waals surface area contributed by atoms with Gasteiger partial charge in [-0.05, 0) is 19.3 Å². The maximum atomic E-state index is 11.6. The molecule has 0 aromatic heterocycles. The predicted molar refractivity (Wildman–Crippen MR) is 58.2 cm³/mol.